The number of aryl methyl sites for hydroxylation is 2. The van der Waals surface area contributed by atoms with E-state index in [1.807, 2.05) is 14.4 Å². The second-order valence-electron chi connectivity index (χ2n) is 13.4. The van der Waals surface area contributed by atoms with Crippen molar-refractivity contribution in [3.05, 3.63) is 87.5 Å². The molecule has 1 heterocycles. The predicted octanol–water partition coefficient (Wildman–Crippen LogP) is 15.0. The molecule has 0 unspecified atom stereocenters. The molecule has 0 N–H and O–H groups in total. The van der Waals surface area contributed by atoms with E-state index in [1.54, 1.807) is 4.70 Å². The molecule has 266 valence electrons. The third-order valence-electron chi connectivity index (χ3n) is 9.11. The molecule has 1 aliphatic heterocycles. The Morgan fingerprint density at radius 1 is 0.468 bits per heavy atom. The van der Waals surface area contributed by atoms with E-state index < -0.39 is 0 Å². The Morgan fingerprint density at radius 2 is 0.872 bits per heavy atom. The first-order valence-corrected chi connectivity index (χ1v) is 21.0. The quantitative estimate of drug-likeness (QED) is 0.0597. The second-order valence-corrected chi connectivity index (χ2v) is 14.9. The molecule has 1 aliphatic rings. The summed E-state index contributed by atoms with van der Waals surface area (Å²) in [5.74, 6) is 0. The van der Waals surface area contributed by atoms with Gasteiger partial charge in [-0.15, -0.1) is 0 Å². The molecule has 0 bridgehead atoms. The summed E-state index contributed by atoms with van der Waals surface area (Å²) in [4.78, 5) is 0. The van der Waals surface area contributed by atoms with Crippen LogP contribution in [0.5, 0.6) is 0 Å². The number of unbranched alkanes of at least 4 members (excludes halogenated alkanes) is 10. The van der Waals surface area contributed by atoms with Crippen LogP contribution in [0.3, 0.4) is 0 Å². The molecule has 0 saturated carbocycles. The SMILES string of the molecule is CCCCCCCCC1=C(c2cccc(CCCC)c2)[N+](=[N-])C(c2cccc(CCCC)c2)=C1CCCC.CCC[CH2][Ni][CH2]CCC. The molecule has 0 spiro atoms. The van der Waals surface area contributed by atoms with Crippen LogP contribution in [0.4, 0.5) is 0 Å². The van der Waals surface area contributed by atoms with Crippen LogP contribution in [0, 0.1) is 0 Å². The molecular formula is C44H70N2Ni. The first-order chi connectivity index (χ1) is 23.1. The molecule has 0 aliphatic carbocycles. The van der Waals surface area contributed by atoms with E-state index in [0.29, 0.717) is 0 Å². The summed E-state index contributed by atoms with van der Waals surface area (Å²) in [6.45, 7) is 13.6. The van der Waals surface area contributed by atoms with E-state index in [4.69, 9.17) is 0 Å². The van der Waals surface area contributed by atoms with Crippen LogP contribution >= 0.6 is 0 Å². The molecule has 3 rings (SSSR count). The van der Waals surface area contributed by atoms with Crippen LogP contribution in [0.2, 0.25) is 10.8 Å². The van der Waals surface area contributed by atoms with E-state index in [-0.39, 0.29) is 0 Å². The van der Waals surface area contributed by atoms with Gasteiger partial charge in [-0.2, -0.15) is 0 Å². The Morgan fingerprint density at radius 3 is 1.34 bits per heavy atom. The Kier molecular flexibility index (Phi) is 22.7. The van der Waals surface area contributed by atoms with Crippen molar-refractivity contribution in [3.8, 4) is 0 Å². The van der Waals surface area contributed by atoms with Gasteiger partial charge in [-0.05, 0) is 86.8 Å². The molecule has 3 heteroatoms. The number of benzene rings is 2. The number of hydrogen-bond donors (Lipinski definition) is 0. The molecule has 0 radical (unpaired) electrons. The monoisotopic (exact) mass is 684 g/mol. The van der Waals surface area contributed by atoms with Crippen molar-refractivity contribution in [2.45, 2.75) is 181 Å². The Bertz CT molecular complexity index is 1200. The van der Waals surface area contributed by atoms with Crippen molar-refractivity contribution in [1.82, 2.24) is 0 Å². The Balaban J connectivity index is 0.000000745. The average molecular weight is 686 g/mol. The first kappa shape index (κ1) is 41.2. The molecule has 2 aromatic rings. The number of allylic oxidation sites excluding steroid dienone is 2. The first-order valence-electron chi connectivity index (χ1n) is 19.6. The van der Waals surface area contributed by atoms with Crippen molar-refractivity contribution < 1.29 is 19.1 Å². The Hall–Kier alpha value is -1.99. The van der Waals surface area contributed by atoms with E-state index in [0.717, 1.165) is 61.0 Å². The van der Waals surface area contributed by atoms with Crippen LogP contribution in [-0.4, -0.2) is 4.70 Å². The number of nitrogens with zero attached hydrogens (tertiary/aromatic N) is 2. The van der Waals surface area contributed by atoms with Crippen LogP contribution in [-0.2, 0) is 27.3 Å². The summed E-state index contributed by atoms with van der Waals surface area (Å²) in [5, 5.41) is 2.78. The van der Waals surface area contributed by atoms with E-state index in [9.17, 15) is 5.53 Å². The van der Waals surface area contributed by atoms with Crippen LogP contribution in [0.25, 0.3) is 16.9 Å². The summed E-state index contributed by atoms with van der Waals surface area (Å²) in [6, 6.07) is 17.9. The molecule has 47 heavy (non-hydrogen) atoms. The van der Waals surface area contributed by atoms with Gasteiger partial charge in [-0.25, -0.2) is 4.70 Å². The fraction of sp³-hybridized carbons (Fsp3) is 0.636. The van der Waals surface area contributed by atoms with Crippen LogP contribution in [0.1, 0.15) is 179 Å². The minimum absolute atomic E-state index is 1.02. The molecule has 0 amide bonds. The van der Waals surface area contributed by atoms with Crippen molar-refractivity contribution >= 4 is 11.4 Å². The summed E-state index contributed by atoms with van der Waals surface area (Å²) in [5.41, 5.74) is 21.8. The van der Waals surface area contributed by atoms with Gasteiger partial charge in [0, 0.05) is 22.3 Å². The predicted molar refractivity (Wildman–Crippen MR) is 205 cm³/mol. The summed E-state index contributed by atoms with van der Waals surface area (Å²) >= 11 is 1.94. The maximum absolute atomic E-state index is 11.9. The normalized spacial score (nSPS) is 13.1. The van der Waals surface area contributed by atoms with E-state index >= 15 is 0 Å². The zero-order valence-corrected chi connectivity index (χ0v) is 32.4. The fourth-order valence-corrected chi connectivity index (χ4v) is 7.63. The van der Waals surface area contributed by atoms with Gasteiger partial charge in [0.1, 0.15) is 0 Å². The van der Waals surface area contributed by atoms with Crippen molar-refractivity contribution in [3.63, 3.8) is 0 Å². The van der Waals surface area contributed by atoms with Gasteiger partial charge < -0.3 is 5.53 Å². The van der Waals surface area contributed by atoms with E-state index in [2.05, 4.69) is 90.1 Å². The van der Waals surface area contributed by atoms with E-state index in [1.165, 1.54) is 123 Å². The maximum atomic E-state index is 11.9. The molecule has 2 nitrogen and oxygen atoms in total. The van der Waals surface area contributed by atoms with Gasteiger partial charge in [-0.1, -0.05) is 103 Å². The van der Waals surface area contributed by atoms with Crippen LogP contribution in [0.15, 0.2) is 59.7 Å². The molecular weight excluding hydrogens is 615 g/mol. The number of rotatable bonds is 24. The van der Waals surface area contributed by atoms with Gasteiger partial charge in [0.25, 0.3) is 0 Å². The third kappa shape index (κ3) is 15.0. The Labute approximate surface area is 297 Å². The second kappa shape index (κ2) is 26.0. The summed E-state index contributed by atoms with van der Waals surface area (Å²) < 4.78 is 1.56. The van der Waals surface area contributed by atoms with Gasteiger partial charge >= 0.3 is 64.8 Å². The molecule has 0 atom stereocenters. The van der Waals surface area contributed by atoms with Gasteiger partial charge in [-0.3, -0.25) is 0 Å². The third-order valence-corrected chi connectivity index (χ3v) is 10.5. The van der Waals surface area contributed by atoms with Crippen LogP contribution < -0.4 is 0 Å². The molecule has 0 fully saturated rings. The van der Waals surface area contributed by atoms with Gasteiger partial charge in [0.15, 0.2) is 0 Å². The fourth-order valence-electron chi connectivity index (χ4n) is 6.19. The molecule has 0 aromatic heterocycles. The van der Waals surface area contributed by atoms with Crippen molar-refractivity contribution in [2.75, 3.05) is 0 Å². The minimum atomic E-state index is 1.02. The zero-order valence-electron chi connectivity index (χ0n) is 31.4. The molecule has 2 aromatic carbocycles. The topological polar surface area (TPSA) is 25.3 Å². The standard InChI is InChI=1S/C36H52N2.2C4H9.Ni/c1-5-9-13-14-15-16-26-34-33(25-12-8-4)35(31-23-17-21-29(27-31)19-10-6-2)38(37)36(34)32-24-18-22-30(28-32)20-11-7-3;2*1-3-4-2;/h17-18,21-24,27-28H,5-16,19-20,25-26H2,1-4H3;2*1,3-4H2,2H3;. The molecule has 0 saturated heterocycles. The zero-order chi connectivity index (χ0) is 34.1. The number of hydrogen-bond acceptors (Lipinski definition) is 0. The van der Waals surface area contributed by atoms with Crippen molar-refractivity contribution in [1.29, 1.82) is 0 Å². The summed E-state index contributed by atoms with van der Waals surface area (Å²) in [7, 11) is 0. The average Bonchev–Trinajstić information content (AvgIpc) is 3.37. The van der Waals surface area contributed by atoms with Gasteiger partial charge in [0.05, 0.1) is 0 Å². The van der Waals surface area contributed by atoms with Crippen molar-refractivity contribution in [2.24, 2.45) is 0 Å². The summed E-state index contributed by atoms with van der Waals surface area (Å²) in [6.07, 6.45) is 24.6. The van der Waals surface area contributed by atoms with Gasteiger partial charge in [0.2, 0.25) is 11.4 Å².